The van der Waals surface area contributed by atoms with E-state index in [0.717, 1.165) is 5.56 Å². The highest BCUT2D eigenvalue weighted by atomic mass is 35.5. The van der Waals surface area contributed by atoms with Crippen LogP contribution in [0.1, 0.15) is 17.2 Å². The van der Waals surface area contributed by atoms with Crippen LogP contribution in [0.15, 0.2) is 29.0 Å². The molecule has 0 amide bonds. The van der Waals surface area contributed by atoms with E-state index >= 15 is 0 Å². The van der Waals surface area contributed by atoms with Gasteiger partial charge in [-0.05, 0) is 34.5 Å². The molecule has 17 heavy (non-hydrogen) atoms. The molecule has 0 aliphatic heterocycles. The molecule has 0 radical (unpaired) electrons. The van der Waals surface area contributed by atoms with Gasteiger partial charge in [0, 0.05) is 10.6 Å². The van der Waals surface area contributed by atoms with Crippen LogP contribution in [0.5, 0.6) is 0 Å². The van der Waals surface area contributed by atoms with Crippen molar-refractivity contribution in [3.05, 3.63) is 55.9 Å². The lowest BCUT2D eigenvalue weighted by molar-refractivity contribution is 0.600. The highest BCUT2D eigenvalue weighted by Gasteiger charge is 2.19. The number of benzene rings is 1. The van der Waals surface area contributed by atoms with Crippen molar-refractivity contribution in [1.29, 1.82) is 0 Å². The average molecular weight is 313 g/mol. The maximum atomic E-state index is 13.8. The maximum absolute atomic E-state index is 13.8. The molecule has 1 nitrogen and oxygen atoms in total. The van der Waals surface area contributed by atoms with Gasteiger partial charge in [0.2, 0.25) is 0 Å². The van der Waals surface area contributed by atoms with Gasteiger partial charge in [0.05, 0.1) is 11.1 Å². The first-order valence-corrected chi connectivity index (χ1v) is 6.22. The van der Waals surface area contributed by atoms with Crippen molar-refractivity contribution in [3.8, 4) is 0 Å². The number of hydrogen-bond donors (Lipinski definition) is 1. The molecule has 2 aromatic rings. The molecule has 1 aromatic heterocycles. The van der Waals surface area contributed by atoms with Crippen LogP contribution in [0.4, 0.5) is 4.39 Å². The van der Waals surface area contributed by atoms with Crippen LogP contribution in [0.2, 0.25) is 10.0 Å². The topological polar surface area (TPSA) is 26.0 Å². The molecule has 0 unspecified atom stereocenters. The summed E-state index contributed by atoms with van der Waals surface area (Å²) in [5, 5.41) is 4.07. The monoisotopic (exact) mass is 311 g/mol. The molecule has 6 heteroatoms. The molecular formula is C11H9Cl3FNS. The van der Waals surface area contributed by atoms with Crippen molar-refractivity contribution < 1.29 is 4.39 Å². The molecule has 1 aromatic carbocycles. The minimum absolute atomic E-state index is 0. The van der Waals surface area contributed by atoms with E-state index in [-0.39, 0.29) is 23.0 Å². The standard InChI is InChI=1S/C11H8Cl2FNS.ClH/c12-7-1-2-8(13)10(14)9(7)11(15)6-3-4-16-5-6;/h1-5,11H,15H2;1H/t11-;/m1./s1. The molecule has 0 aliphatic rings. The van der Waals surface area contributed by atoms with Crippen molar-refractivity contribution in [1.82, 2.24) is 0 Å². The number of rotatable bonds is 2. The molecule has 2 rings (SSSR count). The van der Waals surface area contributed by atoms with Crippen LogP contribution in [0.25, 0.3) is 0 Å². The average Bonchev–Trinajstić information content (AvgIpc) is 2.77. The van der Waals surface area contributed by atoms with Crippen LogP contribution in [-0.4, -0.2) is 0 Å². The van der Waals surface area contributed by atoms with E-state index in [9.17, 15) is 4.39 Å². The first-order valence-electron chi connectivity index (χ1n) is 4.52. The van der Waals surface area contributed by atoms with E-state index in [1.54, 1.807) is 6.07 Å². The third-order valence-electron chi connectivity index (χ3n) is 2.29. The molecule has 0 saturated heterocycles. The summed E-state index contributed by atoms with van der Waals surface area (Å²) in [6, 6.07) is 4.22. The molecular weight excluding hydrogens is 304 g/mol. The summed E-state index contributed by atoms with van der Waals surface area (Å²) >= 11 is 13.1. The zero-order valence-electron chi connectivity index (χ0n) is 8.49. The predicted octanol–water partition coefficient (Wildman–Crippen LogP) is 4.66. The van der Waals surface area contributed by atoms with Gasteiger partial charge in [-0.2, -0.15) is 11.3 Å². The Bertz CT molecular complexity index is 502. The summed E-state index contributed by atoms with van der Waals surface area (Å²) in [7, 11) is 0. The summed E-state index contributed by atoms with van der Waals surface area (Å²) < 4.78 is 13.8. The van der Waals surface area contributed by atoms with Gasteiger partial charge in [0.25, 0.3) is 0 Å². The number of halogens is 4. The molecule has 92 valence electrons. The zero-order valence-corrected chi connectivity index (χ0v) is 11.6. The SMILES string of the molecule is Cl.N[C@H](c1ccsc1)c1c(Cl)ccc(Cl)c1F. The minimum Gasteiger partial charge on any atom is -0.320 e. The second-order valence-corrected chi connectivity index (χ2v) is 4.89. The third kappa shape index (κ3) is 2.92. The fourth-order valence-electron chi connectivity index (χ4n) is 1.45. The van der Waals surface area contributed by atoms with Crippen molar-refractivity contribution >= 4 is 46.9 Å². The molecule has 2 N–H and O–H groups in total. The van der Waals surface area contributed by atoms with Crippen LogP contribution in [0.3, 0.4) is 0 Å². The lowest BCUT2D eigenvalue weighted by Gasteiger charge is -2.14. The van der Waals surface area contributed by atoms with E-state index in [2.05, 4.69) is 0 Å². The number of nitrogens with two attached hydrogens (primary N) is 1. The lowest BCUT2D eigenvalue weighted by atomic mass is 10.0. The van der Waals surface area contributed by atoms with Gasteiger partial charge in [0.1, 0.15) is 5.82 Å². The van der Waals surface area contributed by atoms with Crippen LogP contribution in [0, 0.1) is 5.82 Å². The zero-order chi connectivity index (χ0) is 11.7. The van der Waals surface area contributed by atoms with E-state index in [1.807, 2.05) is 16.8 Å². The Morgan fingerprint density at radius 2 is 1.82 bits per heavy atom. The van der Waals surface area contributed by atoms with Crippen molar-refractivity contribution in [2.45, 2.75) is 6.04 Å². The Labute approximate surface area is 119 Å². The van der Waals surface area contributed by atoms with Gasteiger partial charge in [0.15, 0.2) is 0 Å². The fraction of sp³-hybridized carbons (Fsp3) is 0.0909. The first-order chi connectivity index (χ1) is 7.61. The number of hydrogen-bond acceptors (Lipinski definition) is 2. The normalized spacial score (nSPS) is 12.0. The van der Waals surface area contributed by atoms with Crippen LogP contribution >= 0.6 is 46.9 Å². The molecule has 0 saturated carbocycles. The summed E-state index contributed by atoms with van der Waals surface area (Å²) in [5.74, 6) is -0.548. The molecule has 0 bridgehead atoms. The minimum atomic E-state index is -0.586. The highest BCUT2D eigenvalue weighted by Crippen LogP contribution is 2.33. The Balaban J connectivity index is 0.00000144. The molecule has 0 aliphatic carbocycles. The molecule has 0 spiro atoms. The number of thiophene rings is 1. The second kappa shape index (κ2) is 6.03. The Morgan fingerprint density at radius 3 is 2.41 bits per heavy atom. The maximum Gasteiger partial charge on any atom is 0.148 e. The fourth-order valence-corrected chi connectivity index (χ4v) is 2.57. The molecule has 1 atom stereocenters. The van der Waals surface area contributed by atoms with E-state index in [1.165, 1.54) is 17.4 Å². The summed E-state index contributed by atoms with van der Waals surface area (Å²) in [6.45, 7) is 0. The third-order valence-corrected chi connectivity index (χ3v) is 3.62. The molecule has 1 heterocycles. The van der Waals surface area contributed by atoms with Crippen molar-refractivity contribution in [3.63, 3.8) is 0 Å². The quantitative estimate of drug-likeness (QED) is 0.802. The van der Waals surface area contributed by atoms with E-state index in [4.69, 9.17) is 28.9 Å². The van der Waals surface area contributed by atoms with Gasteiger partial charge < -0.3 is 5.73 Å². The van der Waals surface area contributed by atoms with Crippen molar-refractivity contribution in [2.75, 3.05) is 0 Å². The van der Waals surface area contributed by atoms with E-state index < -0.39 is 11.9 Å². The van der Waals surface area contributed by atoms with Gasteiger partial charge in [-0.1, -0.05) is 23.2 Å². The summed E-state index contributed by atoms with van der Waals surface area (Å²) in [5.41, 5.74) is 7.02. The van der Waals surface area contributed by atoms with Gasteiger partial charge in [-0.25, -0.2) is 4.39 Å². The van der Waals surface area contributed by atoms with E-state index in [0.29, 0.717) is 5.02 Å². The Kier molecular flexibility index (Phi) is 5.22. The van der Waals surface area contributed by atoms with Crippen LogP contribution in [-0.2, 0) is 0 Å². The van der Waals surface area contributed by atoms with Gasteiger partial charge in [-0.15, -0.1) is 12.4 Å². The second-order valence-electron chi connectivity index (χ2n) is 3.29. The first kappa shape index (κ1) is 14.7. The lowest BCUT2D eigenvalue weighted by Crippen LogP contribution is -2.13. The smallest absolute Gasteiger partial charge is 0.148 e. The van der Waals surface area contributed by atoms with Crippen molar-refractivity contribution in [2.24, 2.45) is 5.73 Å². The van der Waals surface area contributed by atoms with Gasteiger partial charge >= 0.3 is 0 Å². The largest absolute Gasteiger partial charge is 0.320 e. The van der Waals surface area contributed by atoms with Gasteiger partial charge in [-0.3, -0.25) is 0 Å². The molecule has 0 fully saturated rings. The summed E-state index contributed by atoms with van der Waals surface area (Å²) in [4.78, 5) is 0. The Hall–Kier alpha value is -0.320. The summed E-state index contributed by atoms with van der Waals surface area (Å²) in [6.07, 6.45) is 0. The predicted molar refractivity (Wildman–Crippen MR) is 74.0 cm³/mol. The Morgan fingerprint density at radius 1 is 1.18 bits per heavy atom. The van der Waals surface area contributed by atoms with Crippen LogP contribution < -0.4 is 5.73 Å². The highest BCUT2D eigenvalue weighted by molar-refractivity contribution is 7.08.